The number of nitrogens with one attached hydrogen (secondary N) is 2. The highest BCUT2D eigenvalue weighted by Crippen LogP contribution is 2.67. The molecule has 4 N–H and O–H groups in total. The zero-order valence-electron chi connectivity index (χ0n) is 12.7. The summed E-state index contributed by atoms with van der Waals surface area (Å²) in [6.45, 7) is 9.06. The number of nitrogens with two attached hydrogens (primary N) is 1. The predicted octanol–water partition coefficient (Wildman–Crippen LogP) is 2.66. The summed E-state index contributed by atoms with van der Waals surface area (Å²) in [5.74, 6) is 3.08. The first kappa shape index (κ1) is 15.7. The van der Waals surface area contributed by atoms with Gasteiger partial charge in [-0.1, -0.05) is 27.7 Å². The summed E-state index contributed by atoms with van der Waals surface area (Å²) in [4.78, 5) is 12.0. The fourth-order valence-electron chi connectivity index (χ4n) is 2.98. The Bertz CT molecular complexity index is 547. The van der Waals surface area contributed by atoms with E-state index in [1.165, 1.54) is 0 Å². The van der Waals surface area contributed by atoms with Crippen LogP contribution in [0.25, 0.3) is 0 Å². The highest BCUT2D eigenvalue weighted by molar-refractivity contribution is 5.94. The van der Waals surface area contributed by atoms with Crippen LogP contribution in [0.1, 0.15) is 38.1 Å². The maximum Gasteiger partial charge on any atom is 0.251 e. The molecule has 1 aliphatic rings. The van der Waals surface area contributed by atoms with Gasteiger partial charge in [-0.15, -0.1) is 0 Å². The molecule has 1 saturated carbocycles. The van der Waals surface area contributed by atoms with Gasteiger partial charge < -0.3 is 10.7 Å². The lowest BCUT2D eigenvalue weighted by molar-refractivity contribution is 0.0949. The standard InChI is InChI=1S/C15H21F2N3O/c1-14(2)11(15(14,3)4)7-19-13(21)8-5-9(16)12(20-18)10(17)6-8/h5-6,11,20H,7,18H2,1-4H3,(H,19,21). The second-order valence-electron chi connectivity index (χ2n) is 6.67. The van der Waals surface area contributed by atoms with E-state index in [1.54, 1.807) is 0 Å². The molecule has 21 heavy (non-hydrogen) atoms. The van der Waals surface area contributed by atoms with E-state index in [0.717, 1.165) is 12.1 Å². The second kappa shape index (κ2) is 4.94. The molecule has 1 fully saturated rings. The number of hydrogen-bond donors (Lipinski definition) is 3. The van der Waals surface area contributed by atoms with Gasteiger partial charge in [-0.05, 0) is 28.9 Å². The zero-order chi connectivity index (χ0) is 16.0. The molecule has 0 bridgehead atoms. The average Bonchev–Trinajstić information content (AvgIpc) is 2.76. The molecule has 1 amide bonds. The van der Waals surface area contributed by atoms with Crippen molar-refractivity contribution in [3.63, 3.8) is 0 Å². The molecule has 2 rings (SSSR count). The third kappa shape index (κ3) is 2.48. The number of nitrogen functional groups attached to an aromatic ring is 1. The van der Waals surface area contributed by atoms with Gasteiger partial charge in [0.05, 0.1) is 0 Å². The van der Waals surface area contributed by atoms with E-state index in [2.05, 4.69) is 33.0 Å². The van der Waals surface area contributed by atoms with Gasteiger partial charge in [-0.3, -0.25) is 10.6 Å². The molecule has 4 nitrogen and oxygen atoms in total. The van der Waals surface area contributed by atoms with Gasteiger partial charge in [-0.25, -0.2) is 8.78 Å². The topological polar surface area (TPSA) is 67.2 Å². The highest BCUT2D eigenvalue weighted by Gasteiger charge is 2.64. The maximum atomic E-state index is 13.6. The Hall–Kier alpha value is -1.69. The molecule has 0 spiro atoms. The Labute approximate surface area is 123 Å². The molecule has 116 valence electrons. The van der Waals surface area contributed by atoms with Crippen LogP contribution in [0.4, 0.5) is 14.5 Å². The Kier molecular flexibility index (Phi) is 3.70. The third-order valence-electron chi connectivity index (χ3n) is 5.24. The number of halogens is 2. The number of carbonyl (C=O) groups excluding carboxylic acids is 1. The number of benzene rings is 1. The molecular formula is C15H21F2N3O. The zero-order valence-corrected chi connectivity index (χ0v) is 12.7. The second-order valence-corrected chi connectivity index (χ2v) is 6.67. The van der Waals surface area contributed by atoms with Gasteiger partial charge in [0.1, 0.15) is 5.69 Å². The van der Waals surface area contributed by atoms with Crippen molar-refractivity contribution in [2.24, 2.45) is 22.6 Å². The van der Waals surface area contributed by atoms with E-state index in [9.17, 15) is 13.6 Å². The molecule has 0 heterocycles. The van der Waals surface area contributed by atoms with Crippen molar-refractivity contribution in [3.05, 3.63) is 29.3 Å². The fraction of sp³-hybridized carbons (Fsp3) is 0.533. The molecule has 0 unspecified atom stereocenters. The number of hydrogen-bond acceptors (Lipinski definition) is 3. The monoisotopic (exact) mass is 297 g/mol. The van der Waals surface area contributed by atoms with Gasteiger partial charge in [0, 0.05) is 12.1 Å². The Balaban J connectivity index is 2.06. The molecule has 1 aliphatic carbocycles. The highest BCUT2D eigenvalue weighted by atomic mass is 19.1. The van der Waals surface area contributed by atoms with Gasteiger partial charge >= 0.3 is 0 Å². The number of rotatable bonds is 4. The molecule has 6 heteroatoms. The summed E-state index contributed by atoms with van der Waals surface area (Å²) in [7, 11) is 0. The minimum atomic E-state index is -0.894. The number of hydrazine groups is 1. The van der Waals surface area contributed by atoms with Crippen LogP contribution in [-0.2, 0) is 0 Å². The summed E-state index contributed by atoms with van der Waals surface area (Å²) in [6.07, 6.45) is 0. The van der Waals surface area contributed by atoms with E-state index in [0.29, 0.717) is 12.5 Å². The van der Waals surface area contributed by atoms with Crippen LogP contribution in [0.15, 0.2) is 12.1 Å². The Morgan fingerprint density at radius 2 is 1.67 bits per heavy atom. The van der Waals surface area contributed by atoms with Crippen molar-refractivity contribution in [1.82, 2.24) is 5.32 Å². The lowest BCUT2D eigenvalue weighted by Gasteiger charge is -2.09. The third-order valence-corrected chi connectivity index (χ3v) is 5.24. The summed E-state index contributed by atoms with van der Waals surface area (Å²) < 4.78 is 27.1. The van der Waals surface area contributed by atoms with E-state index in [-0.39, 0.29) is 16.4 Å². The van der Waals surface area contributed by atoms with Crippen LogP contribution in [-0.4, -0.2) is 12.5 Å². The van der Waals surface area contributed by atoms with Gasteiger partial charge in [0.15, 0.2) is 11.6 Å². The molecule has 0 aromatic heterocycles. The smallest absolute Gasteiger partial charge is 0.251 e. The lowest BCUT2D eigenvalue weighted by atomic mass is 10.0. The number of carbonyl (C=O) groups is 1. The molecular weight excluding hydrogens is 276 g/mol. The van der Waals surface area contributed by atoms with Crippen LogP contribution < -0.4 is 16.6 Å². The van der Waals surface area contributed by atoms with Crippen LogP contribution in [0.3, 0.4) is 0 Å². The van der Waals surface area contributed by atoms with Crippen molar-refractivity contribution in [3.8, 4) is 0 Å². The van der Waals surface area contributed by atoms with Gasteiger partial charge in [0.25, 0.3) is 5.91 Å². The van der Waals surface area contributed by atoms with Gasteiger partial charge in [-0.2, -0.15) is 0 Å². The minimum absolute atomic E-state index is 0.0553. The van der Waals surface area contributed by atoms with E-state index >= 15 is 0 Å². The quantitative estimate of drug-likeness (QED) is 0.591. The summed E-state index contributed by atoms with van der Waals surface area (Å²) >= 11 is 0. The van der Waals surface area contributed by atoms with Crippen molar-refractivity contribution >= 4 is 11.6 Å². The van der Waals surface area contributed by atoms with Crippen LogP contribution in [0, 0.1) is 28.4 Å². The largest absolute Gasteiger partial charge is 0.352 e. The van der Waals surface area contributed by atoms with E-state index in [4.69, 9.17) is 5.84 Å². The first-order valence-corrected chi connectivity index (χ1v) is 6.86. The van der Waals surface area contributed by atoms with Crippen molar-refractivity contribution in [2.75, 3.05) is 12.0 Å². The maximum absolute atomic E-state index is 13.6. The first-order chi connectivity index (χ1) is 9.62. The summed E-state index contributed by atoms with van der Waals surface area (Å²) in [5, 5.41) is 2.74. The fourth-order valence-corrected chi connectivity index (χ4v) is 2.98. The van der Waals surface area contributed by atoms with Crippen LogP contribution >= 0.6 is 0 Å². The molecule has 1 aromatic rings. The van der Waals surface area contributed by atoms with Crippen LogP contribution in [0.2, 0.25) is 0 Å². The molecule has 0 atom stereocenters. The predicted molar refractivity (Wildman–Crippen MR) is 77.6 cm³/mol. The lowest BCUT2D eigenvalue weighted by Crippen LogP contribution is -2.27. The summed E-state index contributed by atoms with van der Waals surface area (Å²) in [5.41, 5.74) is 1.71. The Morgan fingerprint density at radius 3 is 2.05 bits per heavy atom. The molecule has 0 aliphatic heterocycles. The van der Waals surface area contributed by atoms with E-state index in [1.807, 2.05) is 5.43 Å². The molecule has 0 saturated heterocycles. The first-order valence-electron chi connectivity index (χ1n) is 6.86. The van der Waals surface area contributed by atoms with Crippen LogP contribution in [0.5, 0.6) is 0 Å². The number of anilines is 1. The average molecular weight is 297 g/mol. The van der Waals surface area contributed by atoms with Crippen molar-refractivity contribution in [1.29, 1.82) is 0 Å². The van der Waals surface area contributed by atoms with Crippen molar-refractivity contribution < 1.29 is 13.6 Å². The SMILES string of the molecule is CC1(C)C(CNC(=O)c2cc(F)c(NN)c(F)c2)C1(C)C. The number of amides is 1. The molecule has 0 radical (unpaired) electrons. The normalized spacial score (nSPS) is 19.2. The minimum Gasteiger partial charge on any atom is -0.352 e. The van der Waals surface area contributed by atoms with Gasteiger partial charge in [0.2, 0.25) is 0 Å². The van der Waals surface area contributed by atoms with Crippen molar-refractivity contribution in [2.45, 2.75) is 27.7 Å². The van der Waals surface area contributed by atoms with E-state index < -0.39 is 23.2 Å². The summed E-state index contributed by atoms with van der Waals surface area (Å²) in [6, 6.07) is 1.94. The Morgan fingerprint density at radius 1 is 1.19 bits per heavy atom. The molecule has 1 aromatic carbocycles.